The molecule has 0 unspecified atom stereocenters. The Kier molecular flexibility index (Phi) is 3.31. The van der Waals surface area contributed by atoms with Gasteiger partial charge in [0.1, 0.15) is 5.75 Å². The first-order valence-corrected chi connectivity index (χ1v) is 7.56. The first-order chi connectivity index (χ1) is 11.7. The number of aromatic amines is 2. The minimum atomic E-state index is -0.139. The maximum Gasteiger partial charge on any atom is 0.255 e. The van der Waals surface area contributed by atoms with Gasteiger partial charge < -0.3 is 20.4 Å². The van der Waals surface area contributed by atoms with E-state index in [9.17, 15) is 9.90 Å². The lowest BCUT2D eigenvalue weighted by Crippen LogP contribution is -2.09. The molecule has 0 amide bonds. The molecular weight excluding hydrogens is 302 g/mol. The van der Waals surface area contributed by atoms with Crippen molar-refractivity contribution >= 4 is 22.3 Å². The van der Waals surface area contributed by atoms with Crippen LogP contribution in [0.1, 0.15) is 0 Å². The highest BCUT2D eigenvalue weighted by Gasteiger charge is 2.09. The maximum atomic E-state index is 12.3. The Bertz CT molecular complexity index is 1060. The number of benzene rings is 2. The van der Waals surface area contributed by atoms with Crippen LogP contribution in [-0.2, 0) is 0 Å². The molecule has 5 nitrogen and oxygen atoms in total. The molecule has 0 spiro atoms. The standard InChI is InChI=1S/C19H15N3O2/c23-14-6-4-12(5-7-14)22-13-10-17(19(24)21-11-13)15-2-1-3-18-16(15)8-9-20-18/h1-11,20,22-23H,(H,21,24). The molecule has 0 atom stereocenters. The summed E-state index contributed by atoms with van der Waals surface area (Å²) in [7, 11) is 0. The highest BCUT2D eigenvalue weighted by molar-refractivity contribution is 5.95. The van der Waals surface area contributed by atoms with Crippen LogP contribution >= 0.6 is 0 Å². The van der Waals surface area contributed by atoms with E-state index in [-0.39, 0.29) is 11.3 Å². The molecule has 118 valence electrons. The number of hydrogen-bond donors (Lipinski definition) is 4. The first-order valence-electron chi connectivity index (χ1n) is 7.56. The van der Waals surface area contributed by atoms with Crippen molar-refractivity contribution in [1.29, 1.82) is 0 Å². The van der Waals surface area contributed by atoms with Crippen molar-refractivity contribution in [2.24, 2.45) is 0 Å². The average molecular weight is 317 g/mol. The molecule has 4 aromatic rings. The second-order valence-corrected chi connectivity index (χ2v) is 5.55. The van der Waals surface area contributed by atoms with Crippen molar-refractivity contribution in [2.75, 3.05) is 5.32 Å². The van der Waals surface area contributed by atoms with E-state index in [0.717, 1.165) is 27.8 Å². The highest BCUT2D eigenvalue weighted by Crippen LogP contribution is 2.28. The molecule has 4 rings (SSSR count). The van der Waals surface area contributed by atoms with E-state index in [2.05, 4.69) is 15.3 Å². The predicted molar refractivity (Wildman–Crippen MR) is 95.7 cm³/mol. The summed E-state index contributed by atoms with van der Waals surface area (Å²) in [4.78, 5) is 18.2. The minimum absolute atomic E-state index is 0.139. The van der Waals surface area contributed by atoms with E-state index in [1.165, 1.54) is 0 Å². The maximum absolute atomic E-state index is 12.3. The molecule has 5 heteroatoms. The van der Waals surface area contributed by atoms with Gasteiger partial charge in [-0.1, -0.05) is 12.1 Å². The number of rotatable bonds is 3. The van der Waals surface area contributed by atoms with Crippen molar-refractivity contribution in [3.8, 4) is 16.9 Å². The van der Waals surface area contributed by atoms with Crippen LogP contribution in [0.5, 0.6) is 5.75 Å². The van der Waals surface area contributed by atoms with Crippen LogP contribution in [0.2, 0.25) is 0 Å². The lowest BCUT2D eigenvalue weighted by Gasteiger charge is -2.09. The van der Waals surface area contributed by atoms with Gasteiger partial charge in [-0.2, -0.15) is 0 Å². The van der Waals surface area contributed by atoms with Gasteiger partial charge in [0, 0.05) is 34.5 Å². The van der Waals surface area contributed by atoms with Gasteiger partial charge in [-0.15, -0.1) is 0 Å². The van der Waals surface area contributed by atoms with Crippen molar-refractivity contribution < 1.29 is 5.11 Å². The van der Waals surface area contributed by atoms with Crippen molar-refractivity contribution in [3.63, 3.8) is 0 Å². The van der Waals surface area contributed by atoms with Crippen LogP contribution in [0.3, 0.4) is 0 Å². The normalized spacial score (nSPS) is 10.8. The summed E-state index contributed by atoms with van der Waals surface area (Å²) >= 11 is 0. The number of H-pyrrole nitrogens is 2. The second-order valence-electron chi connectivity index (χ2n) is 5.55. The number of aromatic hydroxyl groups is 1. The monoisotopic (exact) mass is 317 g/mol. The van der Waals surface area contributed by atoms with Crippen LogP contribution in [0.25, 0.3) is 22.0 Å². The fraction of sp³-hybridized carbons (Fsp3) is 0. The molecule has 4 N–H and O–H groups in total. The number of aromatic nitrogens is 2. The topological polar surface area (TPSA) is 80.9 Å². The number of fused-ring (bicyclic) bond motifs is 1. The zero-order chi connectivity index (χ0) is 16.5. The SMILES string of the molecule is O=c1[nH]cc(Nc2ccc(O)cc2)cc1-c1cccc2[nH]ccc12. The molecule has 0 saturated heterocycles. The highest BCUT2D eigenvalue weighted by atomic mass is 16.3. The van der Waals surface area contributed by atoms with E-state index in [0.29, 0.717) is 5.56 Å². The zero-order valence-corrected chi connectivity index (χ0v) is 12.7. The van der Waals surface area contributed by atoms with Crippen molar-refractivity contribution in [1.82, 2.24) is 9.97 Å². The summed E-state index contributed by atoms with van der Waals surface area (Å²) in [5.74, 6) is 0.210. The van der Waals surface area contributed by atoms with Gasteiger partial charge in [0.15, 0.2) is 0 Å². The molecule has 2 heterocycles. The van der Waals surface area contributed by atoms with Crippen molar-refractivity contribution in [2.45, 2.75) is 0 Å². The number of phenols is 1. The average Bonchev–Trinajstić information content (AvgIpc) is 3.07. The molecule has 24 heavy (non-hydrogen) atoms. The van der Waals surface area contributed by atoms with Crippen LogP contribution in [-0.4, -0.2) is 15.1 Å². The third kappa shape index (κ3) is 2.52. The number of nitrogens with one attached hydrogen (secondary N) is 3. The van der Waals surface area contributed by atoms with E-state index < -0.39 is 0 Å². The molecule has 0 saturated carbocycles. The number of anilines is 2. The summed E-state index contributed by atoms with van der Waals surface area (Å²) in [5, 5.41) is 13.6. The lowest BCUT2D eigenvalue weighted by atomic mass is 10.0. The number of pyridine rings is 1. The fourth-order valence-corrected chi connectivity index (χ4v) is 2.79. The van der Waals surface area contributed by atoms with Gasteiger partial charge in [0.05, 0.1) is 5.69 Å². The Hall–Kier alpha value is -3.47. The van der Waals surface area contributed by atoms with Crippen LogP contribution in [0, 0.1) is 0 Å². The largest absolute Gasteiger partial charge is 0.508 e. The van der Waals surface area contributed by atoms with E-state index >= 15 is 0 Å². The summed E-state index contributed by atoms with van der Waals surface area (Å²) in [5.41, 5.74) is 3.92. The summed E-state index contributed by atoms with van der Waals surface area (Å²) in [6.45, 7) is 0. The molecule has 0 bridgehead atoms. The third-order valence-electron chi connectivity index (χ3n) is 3.94. The Balaban J connectivity index is 1.78. The van der Waals surface area contributed by atoms with Gasteiger partial charge in [0.2, 0.25) is 0 Å². The second kappa shape index (κ2) is 5.62. The molecule has 0 aliphatic rings. The molecule has 0 aliphatic carbocycles. The Morgan fingerprint density at radius 3 is 2.54 bits per heavy atom. The van der Waals surface area contributed by atoms with Crippen molar-refractivity contribution in [3.05, 3.63) is 77.3 Å². The lowest BCUT2D eigenvalue weighted by molar-refractivity contribution is 0.475. The van der Waals surface area contributed by atoms with Gasteiger partial charge >= 0.3 is 0 Å². The molecular formula is C19H15N3O2. The molecule has 0 aliphatic heterocycles. The summed E-state index contributed by atoms with van der Waals surface area (Å²) in [6.07, 6.45) is 3.50. The molecule has 0 radical (unpaired) electrons. The van der Waals surface area contributed by atoms with Gasteiger partial charge in [-0.25, -0.2) is 0 Å². The van der Waals surface area contributed by atoms with E-state index in [1.807, 2.05) is 36.5 Å². The van der Waals surface area contributed by atoms with Crippen LogP contribution in [0.4, 0.5) is 11.4 Å². The first kappa shape index (κ1) is 14.1. The smallest absolute Gasteiger partial charge is 0.255 e. The van der Waals surface area contributed by atoms with E-state index in [4.69, 9.17) is 0 Å². The quantitative estimate of drug-likeness (QED) is 0.432. The Labute approximate surface area is 137 Å². The minimum Gasteiger partial charge on any atom is -0.508 e. The third-order valence-corrected chi connectivity index (χ3v) is 3.94. The van der Waals surface area contributed by atoms with E-state index in [1.54, 1.807) is 30.5 Å². The van der Waals surface area contributed by atoms with Crippen LogP contribution < -0.4 is 10.9 Å². The summed E-state index contributed by atoms with van der Waals surface area (Å²) in [6, 6.07) is 16.4. The fourth-order valence-electron chi connectivity index (χ4n) is 2.79. The van der Waals surface area contributed by atoms with Gasteiger partial charge in [-0.05, 0) is 48.0 Å². The Morgan fingerprint density at radius 1 is 0.875 bits per heavy atom. The molecule has 2 aromatic carbocycles. The number of hydrogen-bond acceptors (Lipinski definition) is 3. The number of phenolic OH excluding ortho intramolecular Hbond substituents is 1. The summed E-state index contributed by atoms with van der Waals surface area (Å²) < 4.78 is 0. The molecule has 2 aromatic heterocycles. The van der Waals surface area contributed by atoms with Gasteiger partial charge in [0.25, 0.3) is 5.56 Å². The zero-order valence-electron chi connectivity index (χ0n) is 12.7. The molecule has 0 fully saturated rings. The Morgan fingerprint density at radius 2 is 1.71 bits per heavy atom. The van der Waals surface area contributed by atoms with Crippen LogP contribution in [0.15, 0.2) is 71.8 Å². The van der Waals surface area contributed by atoms with Gasteiger partial charge in [-0.3, -0.25) is 4.79 Å². The predicted octanol–water partition coefficient (Wildman–Crippen LogP) is 3.97.